The molecule has 1 aromatic carbocycles. The Morgan fingerprint density at radius 3 is 2.51 bits per heavy atom. The molecule has 1 aliphatic heterocycles. The van der Waals surface area contributed by atoms with Crippen LogP contribution in [0.3, 0.4) is 0 Å². The number of pyridine rings is 1. The molecule has 1 amide bonds. The fourth-order valence-electron chi connectivity index (χ4n) is 6.05. The molecule has 3 saturated carbocycles. The van der Waals surface area contributed by atoms with Gasteiger partial charge in [-0.05, 0) is 70.0 Å². The van der Waals surface area contributed by atoms with Crippen molar-refractivity contribution in [3.63, 3.8) is 0 Å². The molecule has 3 aromatic rings. The number of rotatable bonds is 6. The summed E-state index contributed by atoms with van der Waals surface area (Å²) in [6.45, 7) is 1.61. The van der Waals surface area contributed by atoms with Crippen LogP contribution in [-0.4, -0.2) is 77.6 Å². The van der Waals surface area contributed by atoms with Crippen molar-refractivity contribution < 1.29 is 9.18 Å². The van der Waals surface area contributed by atoms with E-state index >= 15 is 4.39 Å². The van der Waals surface area contributed by atoms with Crippen LogP contribution in [0.25, 0.3) is 11.0 Å². The number of carbonyl (C=O) groups is 1. The van der Waals surface area contributed by atoms with E-state index < -0.39 is 0 Å². The van der Waals surface area contributed by atoms with E-state index in [0.29, 0.717) is 34.4 Å². The van der Waals surface area contributed by atoms with E-state index in [1.165, 1.54) is 11.0 Å². The third-order valence-electron chi connectivity index (χ3n) is 8.30. The lowest BCUT2D eigenvalue weighted by Gasteiger charge is -2.62. The highest BCUT2D eigenvalue weighted by atomic mass is 19.1. The molecule has 10 heteroatoms. The summed E-state index contributed by atoms with van der Waals surface area (Å²) in [7, 11) is 7.37. The molecule has 4 aliphatic rings. The highest BCUT2D eigenvalue weighted by molar-refractivity contribution is 5.96. The van der Waals surface area contributed by atoms with Crippen LogP contribution < -0.4 is 15.8 Å². The van der Waals surface area contributed by atoms with Gasteiger partial charge >= 0.3 is 0 Å². The lowest BCUT2D eigenvalue weighted by molar-refractivity contribution is -0.0884. The molecule has 4 fully saturated rings. The van der Waals surface area contributed by atoms with E-state index in [4.69, 9.17) is 0 Å². The summed E-state index contributed by atoms with van der Waals surface area (Å²) in [5.74, 6) is 0.280. The van der Waals surface area contributed by atoms with E-state index in [9.17, 15) is 9.59 Å². The number of hydrogen-bond donors (Lipinski definition) is 1. The Morgan fingerprint density at radius 2 is 1.92 bits per heavy atom. The van der Waals surface area contributed by atoms with Gasteiger partial charge in [0.2, 0.25) is 5.95 Å². The van der Waals surface area contributed by atoms with Crippen LogP contribution in [-0.2, 0) is 5.54 Å². The third kappa shape index (κ3) is 3.85. The van der Waals surface area contributed by atoms with Crippen LogP contribution in [0.4, 0.5) is 21.7 Å². The van der Waals surface area contributed by atoms with Gasteiger partial charge in [-0.15, -0.1) is 0 Å². The molecule has 37 heavy (non-hydrogen) atoms. The number of amides is 1. The van der Waals surface area contributed by atoms with Gasteiger partial charge in [0.1, 0.15) is 17.0 Å². The molecule has 0 unspecified atom stereocenters. The summed E-state index contributed by atoms with van der Waals surface area (Å²) in [4.78, 5) is 41.0. The highest BCUT2D eigenvalue weighted by Crippen LogP contribution is 2.62. The average molecular weight is 506 g/mol. The second kappa shape index (κ2) is 8.51. The normalized spacial score (nSPS) is 24.2. The lowest BCUT2D eigenvalue weighted by atomic mass is 9.49. The molecule has 7 rings (SSSR count). The Balaban J connectivity index is 1.32. The zero-order valence-corrected chi connectivity index (χ0v) is 21.7. The van der Waals surface area contributed by atoms with E-state index in [1.54, 1.807) is 37.0 Å². The number of fused-ring (bicyclic) bond motifs is 1. The molecule has 1 saturated heterocycles. The summed E-state index contributed by atoms with van der Waals surface area (Å²) in [5.41, 5.74) is 1.16. The van der Waals surface area contributed by atoms with Crippen molar-refractivity contribution in [1.82, 2.24) is 24.3 Å². The fourth-order valence-corrected chi connectivity index (χ4v) is 6.05. The Morgan fingerprint density at radius 1 is 1.16 bits per heavy atom. The summed E-state index contributed by atoms with van der Waals surface area (Å²) in [6.07, 6.45) is 5.39. The first-order valence-corrected chi connectivity index (χ1v) is 12.8. The summed E-state index contributed by atoms with van der Waals surface area (Å²) in [6, 6.07) is 7.06. The maximum Gasteiger partial charge on any atom is 0.265 e. The Kier molecular flexibility index (Phi) is 5.48. The molecule has 1 atom stereocenters. The Bertz CT molecular complexity index is 1450. The van der Waals surface area contributed by atoms with Crippen molar-refractivity contribution in [2.24, 2.45) is 5.92 Å². The highest BCUT2D eigenvalue weighted by Gasteiger charge is 2.59. The zero-order valence-electron chi connectivity index (χ0n) is 21.7. The topological polar surface area (TPSA) is 86.6 Å². The summed E-state index contributed by atoms with van der Waals surface area (Å²) < 4.78 is 16.8. The zero-order chi connectivity index (χ0) is 26.1. The molecule has 0 radical (unpaired) electrons. The summed E-state index contributed by atoms with van der Waals surface area (Å²) >= 11 is 0. The van der Waals surface area contributed by atoms with Gasteiger partial charge in [-0.3, -0.25) is 14.2 Å². The van der Waals surface area contributed by atoms with Crippen molar-refractivity contribution >= 4 is 34.3 Å². The maximum atomic E-state index is 15.1. The molecule has 194 valence electrons. The molecule has 1 N–H and O–H groups in total. The van der Waals surface area contributed by atoms with Crippen molar-refractivity contribution in [2.45, 2.75) is 37.3 Å². The number of nitrogens with one attached hydrogen (secondary N) is 1. The van der Waals surface area contributed by atoms with Crippen LogP contribution in [0.1, 0.15) is 36.0 Å². The number of aromatic nitrogens is 3. The van der Waals surface area contributed by atoms with Crippen molar-refractivity contribution in [1.29, 1.82) is 0 Å². The van der Waals surface area contributed by atoms with Crippen molar-refractivity contribution in [2.75, 3.05) is 51.5 Å². The number of carbonyl (C=O) groups excluding carboxylic acids is 1. The monoisotopic (exact) mass is 505 g/mol. The predicted octanol–water partition coefficient (Wildman–Crippen LogP) is 3.03. The van der Waals surface area contributed by atoms with Gasteiger partial charge in [0.05, 0.1) is 11.2 Å². The first-order chi connectivity index (χ1) is 17.6. The number of halogens is 1. The van der Waals surface area contributed by atoms with Gasteiger partial charge in [-0.25, -0.2) is 9.37 Å². The minimum atomic E-state index is -0.333. The van der Waals surface area contributed by atoms with E-state index in [1.807, 2.05) is 6.07 Å². The second-order valence-electron chi connectivity index (χ2n) is 11.2. The minimum absolute atomic E-state index is 0.127. The average Bonchev–Trinajstić information content (AvgIpc) is 3.29. The molecular formula is C27H32FN7O2. The number of likely N-dealkylation sites (N-methyl/N-ethyl adjacent to an activating group) is 1. The van der Waals surface area contributed by atoms with Gasteiger partial charge in [-0.2, -0.15) is 4.98 Å². The molecule has 2 bridgehead atoms. The molecule has 0 spiro atoms. The molecule has 2 aromatic heterocycles. The van der Waals surface area contributed by atoms with Gasteiger partial charge in [0.15, 0.2) is 0 Å². The number of nitrogens with zero attached hydrogens (tertiary/aromatic N) is 6. The van der Waals surface area contributed by atoms with Crippen LogP contribution in [0.2, 0.25) is 0 Å². The number of anilines is 3. The van der Waals surface area contributed by atoms with Crippen LogP contribution in [0, 0.1) is 11.7 Å². The van der Waals surface area contributed by atoms with Crippen LogP contribution in [0.15, 0.2) is 35.3 Å². The summed E-state index contributed by atoms with van der Waals surface area (Å²) in [5, 5.41) is 3.74. The molecule has 3 aliphatic carbocycles. The Hall–Kier alpha value is -3.53. The molecule has 3 heterocycles. The maximum absolute atomic E-state index is 15.1. The van der Waals surface area contributed by atoms with Crippen molar-refractivity contribution in [3.05, 3.63) is 52.2 Å². The molecular weight excluding hydrogens is 473 g/mol. The predicted molar refractivity (Wildman–Crippen MR) is 141 cm³/mol. The van der Waals surface area contributed by atoms with Gasteiger partial charge in [0, 0.05) is 50.5 Å². The molecule has 9 nitrogen and oxygen atoms in total. The van der Waals surface area contributed by atoms with E-state index in [0.717, 1.165) is 38.8 Å². The van der Waals surface area contributed by atoms with Gasteiger partial charge in [0.25, 0.3) is 11.5 Å². The standard InChI is InChI=1S/C27H32FN7O2/c1-32(2)19-7-8-34(15-19)22-6-5-18(10-21(22)28)30-26-29-14-17-9-20(24(36)33(3)4)25(37)35(23(17)31-26)27-11-16(12-27)13-27/h5-6,9-10,14,16,19H,7-8,11-13,15H2,1-4H3,(H,29,30,31)/t16?,19-,27?/m0/s1. The SMILES string of the molecule is CN(C)C(=O)c1cc2cnc(Nc3ccc(N4CC[C@H](N(C)C)C4)c(F)c3)nc2n(C23CC(C2)C3)c1=O. The quantitative estimate of drug-likeness (QED) is 0.551. The van der Waals surface area contributed by atoms with Gasteiger partial charge < -0.3 is 20.0 Å². The first kappa shape index (κ1) is 23.8. The van der Waals surface area contributed by atoms with E-state index in [-0.39, 0.29) is 34.3 Å². The fraction of sp³-hybridized carbons (Fsp3) is 0.481. The smallest absolute Gasteiger partial charge is 0.265 e. The van der Waals surface area contributed by atoms with E-state index in [2.05, 4.69) is 39.2 Å². The minimum Gasteiger partial charge on any atom is -0.368 e. The van der Waals surface area contributed by atoms with Crippen LogP contribution >= 0.6 is 0 Å². The Labute approximate surface area is 214 Å². The largest absolute Gasteiger partial charge is 0.368 e. The number of benzene rings is 1. The van der Waals surface area contributed by atoms with Gasteiger partial charge in [-0.1, -0.05) is 0 Å². The second-order valence-corrected chi connectivity index (χ2v) is 11.2. The lowest BCUT2D eigenvalue weighted by Crippen LogP contribution is -2.62. The van der Waals surface area contributed by atoms with Crippen molar-refractivity contribution in [3.8, 4) is 0 Å². The first-order valence-electron chi connectivity index (χ1n) is 12.8. The third-order valence-corrected chi connectivity index (χ3v) is 8.30. The van der Waals surface area contributed by atoms with Crippen LogP contribution in [0.5, 0.6) is 0 Å². The number of hydrogen-bond acceptors (Lipinski definition) is 7.